The summed E-state index contributed by atoms with van der Waals surface area (Å²) in [5, 5.41) is 9.36. The molecule has 1 atom stereocenters. The Morgan fingerprint density at radius 3 is 2.75 bits per heavy atom. The van der Waals surface area contributed by atoms with Gasteiger partial charge in [-0.15, -0.1) is 0 Å². The fraction of sp³-hybridized carbons (Fsp3) is 1.00. The van der Waals surface area contributed by atoms with Crippen molar-refractivity contribution >= 4 is 11.8 Å². The van der Waals surface area contributed by atoms with E-state index in [9.17, 15) is 5.11 Å². The SMILES string of the molecule is CCCOCC(O)CCSCC. The molecule has 0 aromatic heterocycles. The molecule has 0 aromatic carbocycles. The van der Waals surface area contributed by atoms with Gasteiger partial charge in [0.1, 0.15) is 0 Å². The van der Waals surface area contributed by atoms with Gasteiger partial charge < -0.3 is 9.84 Å². The van der Waals surface area contributed by atoms with Crippen LogP contribution >= 0.6 is 11.8 Å². The second kappa shape index (κ2) is 9.36. The van der Waals surface area contributed by atoms with Gasteiger partial charge in [-0.05, 0) is 24.3 Å². The van der Waals surface area contributed by atoms with Crippen molar-refractivity contribution in [1.82, 2.24) is 0 Å². The van der Waals surface area contributed by atoms with Gasteiger partial charge in [0, 0.05) is 6.61 Å². The van der Waals surface area contributed by atoms with Crippen molar-refractivity contribution in [2.75, 3.05) is 24.7 Å². The second-order valence-electron chi connectivity index (χ2n) is 2.71. The predicted octanol–water partition coefficient (Wildman–Crippen LogP) is 1.92. The number of aliphatic hydroxyl groups is 1. The van der Waals surface area contributed by atoms with Gasteiger partial charge in [0.05, 0.1) is 12.7 Å². The Morgan fingerprint density at radius 1 is 1.42 bits per heavy atom. The predicted molar refractivity (Wildman–Crippen MR) is 54.7 cm³/mol. The maximum Gasteiger partial charge on any atom is 0.0781 e. The van der Waals surface area contributed by atoms with E-state index in [0.717, 1.165) is 31.0 Å². The zero-order chi connectivity index (χ0) is 9.23. The molecule has 0 aliphatic rings. The van der Waals surface area contributed by atoms with Crippen LogP contribution in [0.4, 0.5) is 0 Å². The maximum atomic E-state index is 9.36. The average molecular weight is 192 g/mol. The number of hydrogen-bond acceptors (Lipinski definition) is 3. The topological polar surface area (TPSA) is 29.5 Å². The van der Waals surface area contributed by atoms with Crippen LogP contribution in [0.5, 0.6) is 0 Å². The Morgan fingerprint density at radius 2 is 2.17 bits per heavy atom. The Balaban J connectivity index is 3.04. The largest absolute Gasteiger partial charge is 0.391 e. The molecule has 74 valence electrons. The molecule has 0 radical (unpaired) electrons. The van der Waals surface area contributed by atoms with Gasteiger partial charge >= 0.3 is 0 Å². The van der Waals surface area contributed by atoms with E-state index in [1.807, 2.05) is 11.8 Å². The fourth-order valence-electron chi connectivity index (χ4n) is 0.811. The molecule has 0 saturated carbocycles. The summed E-state index contributed by atoms with van der Waals surface area (Å²) in [6.45, 7) is 5.46. The maximum absolute atomic E-state index is 9.36. The van der Waals surface area contributed by atoms with Crippen LogP contribution in [0.15, 0.2) is 0 Å². The van der Waals surface area contributed by atoms with Gasteiger partial charge in [-0.3, -0.25) is 0 Å². The molecule has 1 unspecified atom stereocenters. The second-order valence-corrected chi connectivity index (χ2v) is 4.11. The standard InChI is InChI=1S/C9H20O2S/c1-3-6-11-8-9(10)5-7-12-4-2/h9-10H,3-8H2,1-2H3. The fourth-order valence-corrected chi connectivity index (χ4v) is 1.54. The normalized spacial score (nSPS) is 13.2. The van der Waals surface area contributed by atoms with E-state index in [-0.39, 0.29) is 6.10 Å². The smallest absolute Gasteiger partial charge is 0.0781 e. The highest BCUT2D eigenvalue weighted by Gasteiger charge is 2.02. The van der Waals surface area contributed by atoms with Crippen molar-refractivity contribution in [3.05, 3.63) is 0 Å². The monoisotopic (exact) mass is 192 g/mol. The molecule has 0 saturated heterocycles. The quantitative estimate of drug-likeness (QED) is 0.596. The third-order valence-electron chi connectivity index (χ3n) is 1.46. The minimum atomic E-state index is -0.268. The molecule has 0 aliphatic heterocycles. The van der Waals surface area contributed by atoms with Crippen molar-refractivity contribution in [2.45, 2.75) is 32.8 Å². The van der Waals surface area contributed by atoms with Crippen LogP contribution in [-0.2, 0) is 4.74 Å². The van der Waals surface area contributed by atoms with Crippen molar-refractivity contribution in [3.63, 3.8) is 0 Å². The Kier molecular flexibility index (Phi) is 9.57. The molecule has 12 heavy (non-hydrogen) atoms. The first-order valence-corrected chi connectivity index (χ1v) is 5.80. The van der Waals surface area contributed by atoms with Gasteiger partial charge in [0.15, 0.2) is 0 Å². The third kappa shape index (κ3) is 8.37. The molecule has 0 bridgehead atoms. The highest BCUT2D eigenvalue weighted by Crippen LogP contribution is 2.04. The van der Waals surface area contributed by atoms with Crippen molar-refractivity contribution in [1.29, 1.82) is 0 Å². The summed E-state index contributed by atoms with van der Waals surface area (Å²) >= 11 is 1.86. The third-order valence-corrected chi connectivity index (χ3v) is 2.39. The molecule has 3 heteroatoms. The molecule has 0 spiro atoms. The van der Waals surface area contributed by atoms with E-state index in [2.05, 4.69) is 13.8 Å². The molecule has 0 amide bonds. The van der Waals surface area contributed by atoms with Crippen LogP contribution in [0.2, 0.25) is 0 Å². The van der Waals surface area contributed by atoms with Crippen LogP contribution in [-0.4, -0.2) is 35.9 Å². The summed E-state index contributed by atoms with van der Waals surface area (Å²) in [4.78, 5) is 0. The molecule has 0 aliphatic carbocycles. The van der Waals surface area contributed by atoms with E-state index in [4.69, 9.17) is 4.74 Å². The summed E-state index contributed by atoms with van der Waals surface area (Å²) in [5.41, 5.74) is 0. The average Bonchev–Trinajstić information content (AvgIpc) is 2.06. The van der Waals surface area contributed by atoms with Crippen LogP contribution in [0, 0.1) is 0 Å². The van der Waals surface area contributed by atoms with E-state index in [0.29, 0.717) is 6.61 Å². The first-order valence-electron chi connectivity index (χ1n) is 4.64. The van der Waals surface area contributed by atoms with Crippen molar-refractivity contribution in [2.24, 2.45) is 0 Å². The Labute approximate surface area is 79.7 Å². The van der Waals surface area contributed by atoms with Crippen molar-refractivity contribution in [3.8, 4) is 0 Å². The zero-order valence-electron chi connectivity index (χ0n) is 8.08. The summed E-state index contributed by atoms with van der Waals surface area (Å²) in [6.07, 6.45) is 1.61. The summed E-state index contributed by atoms with van der Waals surface area (Å²) in [7, 11) is 0. The van der Waals surface area contributed by atoms with E-state index >= 15 is 0 Å². The zero-order valence-corrected chi connectivity index (χ0v) is 8.90. The molecule has 2 nitrogen and oxygen atoms in total. The summed E-state index contributed by atoms with van der Waals surface area (Å²) < 4.78 is 5.22. The lowest BCUT2D eigenvalue weighted by atomic mass is 10.3. The van der Waals surface area contributed by atoms with Crippen molar-refractivity contribution < 1.29 is 9.84 Å². The van der Waals surface area contributed by atoms with E-state index in [1.165, 1.54) is 0 Å². The molecule has 1 N–H and O–H groups in total. The van der Waals surface area contributed by atoms with Crippen LogP contribution in [0.1, 0.15) is 26.7 Å². The van der Waals surface area contributed by atoms with Gasteiger partial charge in [-0.2, -0.15) is 11.8 Å². The Hall–Kier alpha value is 0.270. The minimum Gasteiger partial charge on any atom is -0.391 e. The Bertz CT molecular complexity index is 78.6. The lowest BCUT2D eigenvalue weighted by Gasteiger charge is -2.09. The van der Waals surface area contributed by atoms with Crippen LogP contribution in [0.3, 0.4) is 0 Å². The van der Waals surface area contributed by atoms with E-state index < -0.39 is 0 Å². The number of rotatable bonds is 8. The van der Waals surface area contributed by atoms with Gasteiger partial charge in [0.25, 0.3) is 0 Å². The van der Waals surface area contributed by atoms with Gasteiger partial charge in [-0.1, -0.05) is 13.8 Å². The molecule has 0 aromatic rings. The van der Waals surface area contributed by atoms with Gasteiger partial charge in [0.2, 0.25) is 0 Å². The highest BCUT2D eigenvalue weighted by molar-refractivity contribution is 7.99. The van der Waals surface area contributed by atoms with Crippen LogP contribution < -0.4 is 0 Å². The van der Waals surface area contributed by atoms with Gasteiger partial charge in [-0.25, -0.2) is 0 Å². The summed E-state index contributed by atoms with van der Waals surface area (Å²) in [5.74, 6) is 2.16. The minimum absolute atomic E-state index is 0.268. The molecule has 0 heterocycles. The summed E-state index contributed by atoms with van der Waals surface area (Å²) in [6, 6.07) is 0. The first-order chi connectivity index (χ1) is 5.81. The van der Waals surface area contributed by atoms with Crippen LogP contribution in [0.25, 0.3) is 0 Å². The molecule has 0 rings (SSSR count). The molecular weight excluding hydrogens is 172 g/mol. The number of ether oxygens (including phenoxy) is 1. The molecular formula is C9H20O2S. The number of aliphatic hydroxyl groups excluding tert-OH is 1. The molecule has 0 fully saturated rings. The lowest BCUT2D eigenvalue weighted by Crippen LogP contribution is -2.16. The first kappa shape index (κ1) is 12.3. The lowest BCUT2D eigenvalue weighted by molar-refractivity contribution is 0.0359. The van der Waals surface area contributed by atoms with E-state index in [1.54, 1.807) is 0 Å². The highest BCUT2D eigenvalue weighted by atomic mass is 32.2. The number of thioether (sulfide) groups is 1. The number of hydrogen-bond donors (Lipinski definition) is 1.